The number of carbonyl (C=O) groups excluding carboxylic acids is 1. The molecule has 2 heteroatoms. The van der Waals surface area contributed by atoms with Gasteiger partial charge in [0, 0.05) is 0 Å². The zero-order valence-electron chi connectivity index (χ0n) is 7.46. The van der Waals surface area contributed by atoms with E-state index in [4.69, 9.17) is 0 Å². The first-order chi connectivity index (χ1) is 5.13. The Kier molecular flexibility index (Phi) is 4.59. The van der Waals surface area contributed by atoms with Crippen molar-refractivity contribution in [3.05, 3.63) is 12.7 Å². The lowest BCUT2D eigenvalue weighted by atomic mass is 9.93. The van der Waals surface area contributed by atoms with E-state index in [0.717, 1.165) is 0 Å². The summed E-state index contributed by atoms with van der Waals surface area (Å²) in [6, 6.07) is 0. The number of esters is 1. The molecule has 0 bridgehead atoms. The van der Waals surface area contributed by atoms with Gasteiger partial charge in [0.05, 0.1) is 13.0 Å². The van der Waals surface area contributed by atoms with Crippen molar-refractivity contribution in [3.63, 3.8) is 0 Å². The highest BCUT2D eigenvalue weighted by atomic mass is 16.5. The number of rotatable bonds is 4. The average Bonchev–Trinajstić information content (AvgIpc) is 1.98. The van der Waals surface area contributed by atoms with Crippen molar-refractivity contribution in [2.45, 2.75) is 20.3 Å². The molecule has 0 saturated carbocycles. The summed E-state index contributed by atoms with van der Waals surface area (Å²) in [5.74, 6) is 0.151. The van der Waals surface area contributed by atoms with Crippen molar-refractivity contribution < 1.29 is 9.53 Å². The standard InChI is InChI=1S/C9H16O2/c1-5-6-8(7(2)3)9(10)11-4/h5,7-8H,1,6H2,2-4H3/t8-/m1/s1. The second kappa shape index (κ2) is 4.94. The Morgan fingerprint density at radius 1 is 1.64 bits per heavy atom. The maximum atomic E-state index is 11.1. The summed E-state index contributed by atoms with van der Waals surface area (Å²) in [5.41, 5.74) is 0. The van der Waals surface area contributed by atoms with Crippen molar-refractivity contribution in [1.29, 1.82) is 0 Å². The highest BCUT2D eigenvalue weighted by molar-refractivity contribution is 5.72. The summed E-state index contributed by atoms with van der Waals surface area (Å²) in [6.07, 6.45) is 2.45. The summed E-state index contributed by atoms with van der Waals surface area (Å²) in [7, 11) is 1.42. The van der Waals surface area contributed by atoms with E-state index in [1.165, 1.54) is 7.11 Å². The normalized spacial score (nSPS) is 12.7. The van der Waals surface area contributed by atoms with E-state index in [-0.39, 0.29) is 11.9 Å². The van der Waals surface area contributed by atoms with Crippen LogP contribution in [0.1, 0.15) is 20.3 Å². The first kappa shape index (κ1) is 10.2. The van der Waals surface area contributed by atoms with Gasteiger partial charge in [0.2, 0.25) is 0 Å². The second-order valence-corrected chi connectivity index (χ2v) is 2.90. The predicted molar refractivity (Wildman–Crippen MR) is 45.2 cm³/mol. The summed E-state index contributed by atoms with van der Waals surface area (Å²) in [4.78, 5) is 11.1. The van der Waals surface area contributed by atoms with Crippen LogP contribution in [0, 0.1) is 11.8 Å². The van der Waals surface area contributed by atoms with E-state index >= 15 is 0 Å². The zero-order chi connectivity index (χ0) is 8.85. The highest BCUT2D eigenvalue weighted by Gasteiger charge is 2.20. The van der Waals surface area contributed by atoms with E-state index in [9.17, 15) is 4.79 Å². The molecular weight excluding hydrogens is 140 g/mol. The topological polar surface area (TPSA) is 26.3 Å². The molecule has 0 aromatic heterocycles. The first-order valence-corrected chi connectivity index (χ1v) is 3.82. The largest absolute Gasteiger partial charge is 0.469 e. The lowest BCUT2D eigenvalue weighted by molar-refractivity contribution is -0.146. The molecule has 0 aliphatic heterocycles. The zero-order valence-corrected chi connectivity index (χ0v) is 7.46. The lowest BCUT2D eigenvalue weighted by Gasteiger charge is -2.15. The summed E-state index contributed by atoms with van der Waals surface area (Å²) < 4.78 is 4.64. The number of hydrogen-bond donors (Lipinski definition) is 0. The van der Waals surface area contributed by atoms with Gasteiger partial charge in [-0.25, -0.2) is 0 Å². The van der Waals surface area contributed by atoms with Crippen molar-refractivity contribution in [3.8, 4) is 0 Å². The molecule has 11 heavy (non-hydrogen) atoms. The van der Waals surface area contributed by atoms with Gasteiger partial charge in [0.1, 0.15) is 0 Å². The molecular formula is C9H16O2. The summed E-state index contributed by atoms with van der Waals surface area (Å²) >= 11 is 0. The van der Waals surface area contributed by atoms with Crippen molar-refractivity contribution in [1.82, 2.24) is 0 Å². The van der Waals surface area contributed by atoms with Gasteiger partial charge in [-0.1, -0.05) is 19.9 Å². The Labute approximate surface area is 68.2 Å². The smallest absolute Gasteiger partial charge is 0.309 e. The second-order valence-electron chi connectivity index (χ2n) is 2.90. The predicted octanol–water partition coefficient (Wildman–Crippen LogP) is 2.01. The SMILES string of the molecule is C=CC[C@@H](C(=O)OC)C(C)C. The van der Waals surface area contributed by atoms with Crippen LogP contribution in [0.3, 0.4) is 0 Å². The van der Waals surface area contributed by atoms with Gasteiger partial charge in [-0.05, 0) is 12.3 Å². The Hall–Kier alpha value is -0.790. The van der Waals surface area contributed by atoms with E-state index in [2.05, 4.69) is 11.3 Å². The molecule has 2 nitrogen and oxygen atoms in total. The van der Waals surface area contributed by atoms with E-state index in [1.807, 2.05) is 13.8 Å². The molecule has 1 atom stereocenters. The minimum absolute atomic E-state index is 0.0301. The fourth-order valence-electron chi connectivity index (χ4n) is 0.971. The van der Waals surface area contributed by atoms with Crippen LogP contribution in [-0.4, -0.2) is 13.1 Å². The average molecular weight is 156 g/mol. The Morgan fingerprint density at radius 3 is 2.45 bits per heavy atom. The molecule has 0 radical (unpaired) electrons. The van der Waals surface area contributed by atoms with Crippen molar-refractivity contribution in [2.75, 3.05) is 7.11 Å². The van der Waals surface area contributed by atoms with Gasteiger partial charge in [0.15, 0.2) is 0 Å². The number of carbonyl (C=O) groups is 1. The first-order valence-electron chi connectivity index (χ1n) is 3.82. The van der Waals surface area contributed by atoms with Crippen molar-refractivity contribution in [2.24, 2.45) is 11.8 Å². The fourth-order valence-corrected chi connectivity index (χ4v) is 0.971. The van der Waals surface area contributed by atoms with E-state index in [1.54, 1.807) is 6.08 Å². The fraction of sp³-hybridized carbons (Fsp3) is 0.667. The number of methoxy groups -OCH3 is 1. The van der Waals surface area contributed by atoms with Gasteiger partial charge in [0.25, 0.3) is 0 Å². The van der Waals surface area contributed by atoms with Gasteiger partial charge < -0.3 is 4.74 Å². The van der Waals surface area contributed by atoms with Gasteiger partial charge >= 0.3 is 5.97 Å². The molecule has 0 fully saturated rings. The third kappa shape index (κ3) is 3.21. The number of allylic oxidation sites excluding steroid dienone is 1. The molecule has 64 valence electrons. The molecule has 0 unspecified atom stereocenters. The molecule has 0 aliphatic carbocycles. The molecule has 0 amide bonds. The highest BCUT2D eigenvalue weighted by Crippen LogP contribution is 2.16. The lowest BCUT2D eigenvalue weighted by Crippen LogP contribution is -2.20. The van der Waals surface area contributed by atoms with Gasteiger partial charge in [-0.3, -0.25) is 4.79 Å². The van der Waals surface area contributed by atoms with Crippen LogP contribution in [0.2, 0.25) is 0 Å². The quantitative estimate of drug-likeness (QED) is 0.459. The Balaban J connectivity index is 4.08. The van der Waals surface area contributed by atoms with Crippen LogP contribution in [0.4, 0.5) is 0 Å². The van der Waals surface area contributed by atoms with Crippen LogP contribution in [0.25, 0.3) is 0 Å². The van der Waals surface area contributed by atoms with Gasteiger partial charge in [-0.2, -0.15) is 0 Å². The van der Waals surface area contributed by atoms with Crippen LogP contribution >= 0.6 is 0 Å². The van der Waals surface area contributed by atoms with Crippen LogP contribution in [0.5, 0.6) is 0 Å². The maximum Gasteiger partial charge on any atom is 0.309 e. The summed E-state index contributed by atoms with van der Waals surface area (Å²) in [5, 5.41) is 0. The minimum Gasteiger partial charge on any atom is -0.469 e. The van der Waals surface area contributed by atoms with Crippen LogP contribution < -0.4 is 0 Å². The molecule has 0 rings (SSSR count). The van der Waals surface area contributed by atoms with Gasteiger partial charge in [-0.15, -0.1) is 6.58 Å². The number of ether oxygens (including phenoxy) is 1. The van der Waals surface area contributed by atoms with E-state index < -0.39 is 0 Å². The third-order valence-corrected chi connectivity index (χ3v) is 1.73. The number of hydrogen-bond acceptors (Lipinski definition) is 2. The molecule has 0 N–H and O–H groups in total. The van der Waals surface area contributed by atoms with Crippen LogP contribution in [-0.2, 0) is 9.53 Å². The minimum atomic E-state index is -0.139. The monoisotopic (exact) mass is 156 g/mol. The summed E-state index contributed by atoms with van der Waals surface area (Å²) in [6.45, 7) is 7.60. The molecule has 0 spiro atoms. The molecule has 0 saturated heterocycles. The third-order valence-electron chi connectivity index (χ3n) is 1.73. The molecule has 0 aliphatic rings. The molecule has 0 aromatic rings. The van der Waals surface area contributed by atoms with E-state index in [0.29, 0.717) is 12.3 Å². The maximum absolute atomic E-state index is 11.1. The molecule has 0 heterocycles. The molecule has 0 aromatic carbocycles. The van der Waals surface area contributed by atoms with Crippen molar-refractivity contribution >= 4 is 5.97 Å². The van der Waals surface area contributed by atoms with Crippen LogP contribution in [0.15, 0.2) is 12.7 Å². The Morgan fingerprint density at radius 2 is 2.18 bits per heavy atom. The Bertz CT molecular complexity index is 138.